The Labute approximate surface area is 122 Å². The van der Waals surface area contributed by atoms with Crippen molar-refractivity contribution in [3.63, 3.8) is 0 Å². The summed E-state index contributed by atoms with van der Waals surface area (Å²) in [6.45, 7) is 5.44. The lowest BCUT2D eigenvalue weighted by Crippen LogP contribution is -2.44. The normalized spacial score (nSPS) is 18.9. The average Bonchev–Trinajstić information content (AvgIpc) is 2.49. The molecule has 1 aromatic carbocycles. The van der Waals surface area contributed by atoms with Crippen molar-refractivity contribution < 1.29 is 9.84 Å². The molecule has 0 spiro atoms. The minimum Gasteiger partial charge on any atom is -0.497 e. The Bertz CT molecular complexity index is 394. The Morgan fingerprint density at radius 1 is 1.20 bits per heavy atom. The predicted molar refractivity (Wildman–Crippen MR) is 82.2 cm³/mol. The molecule has 1 N–H and O–H groups in total. The first-order chi connectivity index (χ1) is 9.65. The summed E-state index contributed by atoms with van der Waals surface area (Å²) in [6.07, 6.45) is 4.81. The van der Waals surface area contributed by atoms with Crippen LogP contribution in [0.25, 0.3) is 0 Å². The van der Waals surface area contributed by atoms with Gasteiger partial charge in [0.1, 0.15) is 5.75 Å². The zero-order valence-electron chi connectivity index (χ0n) is 12.8. The first-order valence-corrected chi connectivity index (χ1v) is 7.73. The molecule has 0 amide bonds. The molecule has 1 heterocycles. The average molecular weight is 277 g/mol. The molecule has 1 fully saturated rings. The number of rotatable bonds is 6. The SMILES string of the molecule is CCCN1CCC(O)(CCc2ccc(OC)cc2)CC1. The Morgan fingerprint density at radius 3 is 2.40 bits per heavy atom. The van der Waals surface area contributed by atoms with Crippen LogP contribution in [0, 0.1) is 0 Å². The van der Waals surface area contributed by atoms with Crippen LogP contribution in [0.5, 0.6) is 5.75 Å². The van der Waals surface area contributed by atoms with E-state index in [4.69, 9.17) is 4.74 Å². The minimum atomic E-state index is -0.468. The third-order valence-corrected chi connectivity index (χ3v) is 4.36. The fourth-order valence-corrected chi connectivity index (χ4v) is 2.93. The molecule has 1 saturated heterocycles. The van der Waals surface area contributed by atoms with Gasteiger partial charge in [-0.2, -0.15) is 0 Å². The molecule has 0 bridgehead atoms. The van der Waals surface area contributed by atoms with E-state index >= 15 is 0 Å². The third-order valence-electron chi connectivity index (χ3n) is 4.36. The van der Waals surface area contributed by atoms with Crippen molar-refractivity contribution in [2.45, 2.75) is 44.6 Å². The topological polar surface area (TPSA) is 32.7 Å². The van der Waals surface area contributed by atoms with Gasteiger partial charge in [0, 0.05) is 13.1 Å². The van der Waals surface area contributed by atoms with Crippen molar-refractivity contribution in [2.24, 2.45) is 0 Å². The van der Waals surface area contributed by atoms with E-state index in [9.17, 15) is 5.11 Å². The molecule has 1 aliphatic rings. The van der Waals surface area contributed by atoms with E-state index < -0.39 is 5.60 Å². The molecule has 0 saturated carbocycles. The van der Waals surface area contributed by atoms with E-state index in [1.165, 1.54) is 12.0 Å². The lowest BCUT2D eigenvalue weighted by Gasteiger charge is -2.38. The van der Waals surface area contributed by atoms with Gasteiger partial charge >= 0.3 is 0 Å². The number of likely N-dealkylation sites (tertiary alicyclic amines) is 1. The number of hydrogen-bond acceptors (Lipinski definition) is 3. The second kappa shape index (κ2) is 7.09. The second-order valence-corrected chi connectivity index (χ2v) is 5.91. The monoisotopic (exact) mass is 277 g/mol. The van der Waals surface area contributed by atoms with Crippen molar-refractivity contribution in [3.8, 4) is 5.75 Å². The summed E-state index contributed by atoms with van der Waals surface area (Å²) in [4.78, 5) is 2.46. The zero-order chi connectivity index (χ0) is 14.4. The van der Waals surface area contributed by atoms with Crippen LogP contribution in [0.4, 0.5) is 0 Å². The van der Waals surface area contributed by atoms with Gasteiger partial charge in [0.2, 0.25) is 0 Å². The second-order valence-electron chi connectivity index (χ2n) is 5.91. The van der Waals surface area contributed by atoms with E-state index in [1.54, 1.807) is 7.11 Å². The number of benzene rings is 1. The number of hydrogen-bond donors (Lipinski definition) is 1. The summed E-state index contributed by atoms with van der Waals surface area (Å²) in [5.74, 6) is 0.889. The Morgan fingerprint density at radius 2 is 1.85 bits per heavy atom. The summed E-state index contributed by atoms with van der Waals surface area (Å²) in [6, 6.07) is 8.16. The van der Waals surface area contributed by atoms with Crippen molar-refractivity contribution in [2.75, 3.05) is 26.7 Å². The van der Waals surface area contributed by atoms with Crippen LogP contribution in [0.3, 0.4) is 0 Å². The fourth-order valence-electron chi connectivity index (χ4n) is 2.93. The van der Waals surface area contributed by atoms with E-state index in [-0.39, 0.29) is 0 Å². The van der Waals surface area contributed by atoms with Gasteiger partial charge in [-0.25, -0.2) is 0 Å². The van der Waals surface area contributed by atoms with Gasteiger partial charge in [0.05, 0.1) is 12.7 Å². The quantitative estimate of drug-likeness (QED) is 0.868. The lowest BCUT2D eigenvalue weighted by atomic mass is 9.85. The van der Waals surface area contributed by atoms with Gasteiger partial charge < -0.3 is 14.7 Å². The summed E-state index contributed by atoms with van der Waals surface area (Å²) in [7, 11) is 1.68. The van der Waals surface area contributed by atoms with Crippen LogP contribution < -0.4 is 4.74 Å². The molecule has 0 radical (unpaired) electrons. The van der Waals surface area contributed by atoms with Gasteiger partial charge in [-0.05, 0) is 56.3 Å². The van der Waals surface area contributed by atoms with Crippen molar-refractivity contribution in [3.05, 3.63) is 29.8 Å². The molecule has 3 nitrogen and oxygen atoms in total. The summed E-state index contributed by atoms with van der Waals surface area (Å²) >= 11 is 0. The molecule has 2 rings (SSSR count). The van der Waals surface area contributed by atoms with Crippen LogP contribution in [-0.2, 0) is 6.42 Å². The number of piperidine rings is 1. The van der Waals surface area contributed by atoms with Gasteiger partial charge in [0.25, 0.3) is 0 Å². The van der Waals surface area contributed by atoms with Gasteiger partial charge in [-0.15, -0.1) is 0 Å². The summed E-state index contributed by atoms with van der Waals surface area (Å²) < 4.78 is 5.16. The fraction of sp³-hybridized carbons (Fsp3) is 0.647. The summed E-state index contributed by atoms with van der Waals surface area (Å²) in [5, 5.41) is 10.7. The highest BCUT2D eigenvalue weighted by atomic mass is 16.5. The molecule has 0 atom stereocenters. The first-order valence-electron chi connectivity index (χ1n) is 7.73. The van der Waals surface area contributed by atoms with E-state index in [0.717, 1.165) is 51.1 Å². The van der Waals surface area contributed by atoms with Gasteiger partial charge in [0.15, 0.2) is 0 Å². The molecule has 1 aliphatic heterocycles. The highest BCUT2D eigenvalue weighted by Crippen LogP contribution is 2.27. The lowest BCUT2D eigenvalue weighted by molar-refractivity contribution is -0.0271. The molecular weight excluding hydrogens is 250 g/mol. The highest BCUT2D eigenvalue weighted by molar-refractivity contribution is 5.27. The van der Waals surface area contributed by atoms with Crippen LogP contribution in [0.1, 0.15) is 38.2 Å². The molecule has 112 valence electrons. The Balaban J connectivity index is 1.80. The van der Waals surface area contributed by atoms with Crippen molar-refractivity contribution in [1.82, 2.24) is 4.90 Å². The molecule has 1 aromatic rings. The van der Waals surface area contributed by atoms with Crippen molar-refractivity contribution in [1.29, 1.82) is 0 Å². The maximum absolute atomic E-state index is 10.7. The number of nitrogens with zero attached hydrogens (tertiary/aromatic N) is 1. The number of ether oxygens (including phenoxy) is 1. The molecule has 20 heavy (non-hydrogen) atoms. The maximum Gasteiger partial charge on any atom is 0.118 e. The van der Waals surface area contributed by atoms with Crippen molar-refractivity contribution >= 4 is 0 Å². The molecular formula is C17H27NO2. The van der Waals surface area contributed by atoms with Crippen LogP contribution >= 0.6 is 0 Å². The largest absolute Gasteiger partial charge is 0.497 e. The van der Waals surface area contributed by atoms with Gasteiger partial charge in [-0.3, -0.25) is 0 Å². The molecule has 0 aliphatic carbocycles. The van der Waals surface area contributed by atoms with Crippen LogP contribution in [-0.4, -0.2) is 42.4 Å². The van der Waals surface area contributed by atoms with Crippen LogP contribution in [0.15, 0.2) is 24.3 Å². The van der Waals surface area contributed by atoms with Gasteiger partial charge in [-0.1, -0.05) is 19.1 Å². The Hall–Kier alpha value is -1.06. The molecule has 3 heteroatoms. The standard InChI is InChI=1S/C17H27NO2/c1-3-12-18-13-10-17(19,11-14-18)9-8-15-4-6-16(20-2)7-5-15/h4-7,19H,3,8-14H2,1-2H3. The first kappa shape index (κ1) is 15.3. The molecule has 0 aromatic heterocycles. The van der Waals surface area contributed by atoms with E-state index in [2.05, 4.69) is 24.0 Å². The smallest absolute Gasteiger partial charge is 0.118 e. The third kappa shape index (κ3) is 4.22. The minimum absolute atomic E-state index is 0.468. The predicted octanol–water partition coefficient (Wildman–Crippen LogP) is 2.86. The summed E-state index contributed by atoms with van der Waals surface area (Å²) in [5.41, 5.74) is 0.805. The number of methoxy groups -OCH3 is 1. The maximum atomic E-state index is 10.7. The highest BCUT2D eigenvalue weighted by Gasteiger charge is 2.31. The zero-order valence-corrected chi connectivity index (χ0v) is 12.8. The number of aliphatic hydroxyl groups is 1. The molecule has 0 unspecified atom stereocenters. The van der Waals surface area contributed by atoms with E-state index in [0.29, 0.717) is 0 Å². The Kier molecular flexibility index (Phi) is 5.44. The number of aryl methyl sites for hydroxylation is 1. The van der Waals surface area contributed by atoms with E-state index in [1.807, 2.05) is 12.1 Å². The van der Waals surface area contributed by atoms with Crippen LogP contribution in [0.2, 0.25) is 0 Å².